The third-order valence-electron chi connectivity index (χ3n) is 5.88. The third kappa shape index (κ3) is 4.58. The molecule has 4 aromatic rings. The van der Waals surface area contributed by atoms with Crippen molar-refractivity contribution in [2.24, 2.45) is 0 Å². The van der Waals surface area contributed by atoms with Gasteiger partial charge in [0.1, 0.15) is 27.6 Å². The van der Waals surface area contributed by atoms with E-state index >= 15 is 0 Å². The first kappa shape index (κ1) is 22.3. The summed E-state index contributed by atoms with van der Waals surface area (Å²) < 4.78 is 11.1. The zero-order valence-electron chi connectivity index (χ0n) is 19.1. The van der Waals surface area contributed by atoms with Crippen molar-refractivity contribution in [1.82, 2.24) is 20.5 Å². The maximum atomic E-state index is 9.57. The lowest BCUT2D eigenvalue weighted by atomic mass is 9.85. The molecule has 34 heavy (non-hydrogen) atoms. The maximum Gasteiger partial charge on any atom is 0.180 e. The topological polar surface area (TPSA) is 96.9 Å². The fourth-order valence-electron chi connectivity index (χ4n) is 4.37. The summed E-state index contributed by atoms with van der Waals surface area (Å²) in [7, 11) is 0. The van der Waals surface area contributed by atoms with Crippen molar-refractivity contribution in [2.75, 3.05) is 0 Å². The minimum absolute atomic E-state index is 0.00408. The van der Waals surface area contributed by atoms with Gasteiger partial charge >= 0.3 is 0 Å². The van der Waals surface area contributed by atoms with Crippen molar-refractivity contribution in [3.63, 3.8) is 0 Å². The molecule has 5 rings (SSSR count). The molecule has 172 valence electrons. The fraction of sp³-hybridized carbons (Fsp3) is 0.308. The predicted molar refractivity (Wildman–Crippen MR) is 130 cm³/mol. The summed E-state index contributed by atoms with van der Waals surface area (Å²) in [6.07, 6.45) is 6.40. The number of hydrogen-bond donors (Lipinski definition) is 1. The van der Waals surface area contributed by atoms with Crippen LogP contribution in [0.25, 0.3) is 21.1 Å². The predicted octanol–water partition coefficient (Wildman–Crippen LogP) is 5.69. The highest BCUT2D eigenvalue weighted by Crippen LogP contribution is 2.39. The van der Waals surface area contributed by atoms with E-state index in [-0.39, 0.29) is 12.1 Å². The van der Waals surface area contributed by atoms with Gasteiger partial charge in [0.2, 0.25) is 0 Å². The van der Waals surface area contributed by atoms with Gasteiger partial charge in [0.05, 0.1) is 24.4 Å². The molecule has 7 nitrogen and oxygen atoms in total. The van der Waals surface area contributed by atoms with Gasteiger partial charge in [-0.3, -0.25) is 0 Å². The van der Waals surface area contributed by atoms with Crippen LogP contribution in [0.5, 0.6) is 5.75 Å². The smallest absolute Gasteiger partial charge is 0.180 e. The van der Waals surface area contributed by atoms with Crippen LogP contribution in [0.4, 0.5) is 0 Å². The number of nitrogens with zero attached hydrogens (tertiary/aromatic N) is 4. The van der Waals surface area contributed by atoms with E-state index in [0.717, 1.165) is 46.2 Å². The highest BCUT2D eigenvalue weighted by atomic mass is 32.1. The van der Waals surface area contributed by atoms with Gasteiger partial charge < -0.3 is 14.5 Å². The fourth-order valence-corrected chi connectivity index (χ4v) is 5.26. The lowest BCUT2D eigenvalue weighted by Crippen LogP contribution is -2.25. The Kier molecular flexibility index (Phi) is 6.39. The second-order valence-corrected chi connectivity index (χ2v) is 9.55. The number of hydrogen-bond acceptors (Lipinski definition) is 8. The van der Waals surface area contributed by atoms with Gasteiger partial charge in [0, 0.05) is 17.2 Å². The Labute approximate surface area is 202 Å². The number of oxazole rings is 1. The molecule has 2 aromatic carbocycles. The molecule has 1 aliphatic rings. The van der Waals surface area contributed by atoms with Crippen LogP contribution in [0.3, 0.4) is 0 Å². The number of ether oxygens (including phenoxy) is 1. The van der Waals surface area contributed by atoms with E-state index in [1.54, 1.807) is 17.5 Å². The molecule has 0 unspecified atom stereocenters. The van der Waals surface area contributed by atoms with Crippen molar-refractivity contribution in [3.8, 4) is 33.0 Å². The molecular formula is C26H25N5O2S. The summed E-state index contributed by atoms with van der Waals surface area (Å²) in [5.74, 6) is 1.42. The Morgan fingerprint density at radius 1 is 1.24 bits per heavy atom. The van der Waals surface area contributed by atoms with E-state index in [1.807, 2.05) is 32.0 Å². The van der Waals surface area contributed by atoms with Gasteiger partial charge in [-0.2, -0.15) is 5.26 Å². The molecule has 0 bridgehead atoms. The lowest BCUT2D eigenvalue weighted by molar-refractivity contribution is 0.242. The number of rotatable bonds is 7. The molecule has 0 spiro atoms. The van der Waals surface area contributed by atoms with Crippen molar-refractivity contribution < 1.29 is 9.15 Å². The number of nitrogens with one attached hydrogen (secondary N) is 1. The van der Waals surface area contributed by atoms with E-state index in [4.69, 9.17) is 9.15 Å². The standard InChI is InChI=1S/C26H25N5O2S/c1-16(2)33-24-10-9-17(11-18(24)12-27)25-30-31-26(34-25)22-7-3-6-21-20(22)5-4-8-23(21)29-14-19-13-28-15-32-19/h3,6-7,9-11,13,15-16,23,29H,4-5,8,14H2,1-2H3/t23-/m1/s1. The van der Waals surface area contributed by atoms with Crippen LogP contribution in [0.2, 0.25) is 0 Å². The summed E-state index contributed by atoms with van der Waals surface area (Å²) in [6, 6.07) is 14.5. The largest absolute Gasteiger partial charge is 0.490 e. The van der Waals surface area contributed by atoms with E-state index in [1.165, 1.54) is 17.5 Å². The zero-order valence-corrected chi connectivity index (χ0v) is 19.9. The molecular weight excluding hydrogens is 446 g/mol. The Balaban J connectivity index is 1.42. The van der Waals surface area contributed by atoms with Crippen LogP contribution in [0.1, 0.15) is 55.2 Å². The summed E-state index contributed by atoms with van der Waals surface area (Å²) in [5.41, 5.74) is 5.13. The van der Waals surface area contributed by atoms with Crippen molar-refractivity contribution in [2.45, 2.75) is 51.8 Å². The van der Waals surface area contributed by atoms with Crippen LogP contribution in [0.15, 0.2) is 53.4 Å². The van der Waals surface area contributed by atoms with E-state index < -0.39 is 0 Å². The average molecular weight is 472 g/mol. The minimum atomic E-state index is 0.00408. The van der Waals surface area contributed by atoms with Crippen LogP contribution >= 0.6 is 11.3 Å². The highest BCUT2D eigenvalue weighted by molar-refractivity contribution is 7.17. The molecule has 0 aliphatic heterocycles. The molecule has 1 N–H and O–H groups in total. The molecule has 1 aliphatic carbocycles. The molecule has 2 aromatic heterocycles. The SMILES string of the molecule is CC(C)Oc1ccc(-c2nnc(-c3cccc4c3CCC[C@H]4NCc3cnco3)s2)cc1C#N. The van der Waals surface area contributed by atoms with Gasteiger partial charge in [-0.25, -0.2) is 4.98 Å². The van der Waals surface area contributed by atoms with E-state index in [9.17, 15) is 5.26 Å². The van der Waals surface area contributed by atoms with Crippen LogP contribution in [-0.2, 0) is 13.0 Å². The lowest BCUT2D eigenvalue weighted by Gasteiger charge is -2.27. The van der Waals surface area contributed by atoms with Crippen LogP contribution < -0.4 is 10.1 Å². The monoisotopic (exact) mass is 471 g/mol. The van der Waals surface area contributed by atoms with Gasteiger partial charge in [-0.1, -0.05) is 29.5 Å². The second-order valence-electron chi connectivity index (χ2n) is 8.57. The van der Waals surface area contributed by atoms with Gasteiger partial charge in [-0.05, 0) is 62.4 Å². The van der Waals surface area contributed by atoms with E-state index in [0.29, 0.717) is 17.9 Å². The molecule has 0 amide bonds. The summed E-state index contributed by atoms with van der Waals surface area (Å²) in [4.78, 5) is 3.99. The number of nitriles is 1. The first-order chi connectivity index (χ1) is 16.6. The van der Waals surface area contributed by atoms with Gasteiger partial charge in [0.15, 0.2) is 6.39 Å². The number of fused-ring (bicyclic) bond motifs is 1. The number of aromatic nitrogens is 3. The first-order valence-electron chi connectivity index (χ1n) is 11.4. The first-order valence-corrected chi connectivity index (χ1v) is 12.2. The Morgan fingerprint density at radius 3 is 2.91 bits per heavy atom. The minimum Gasteiger partial charge on any atom is -0.490 e. The van der Waals surface area contributed by atoms with Gasteiger partial charge in [0.25, 0.3) is 0 Å². The zero-order chi connectivity index (χ0) is 23.5. The van der Waals surface area contributed by atoms with Crippen molar-refractivity contribution in [1.29, 1.82) is 5.26 Å². The molecule has 1 atom stereocenters. The summed E-state index contributed by atoms with van der Waals surface area (Å²) in [5, 5.41) is 23.8. The highest BCUT2D eigenvalue weighted by Gasteiger charge is 2.24. The maximum absolute atomic E-state index is 9.57. The molecule has 0 radical (unpaired) electrons. The third-order valence-corrected chi connectivity index (χ3v) is 6.88. The second kappa shape index (κ2) is 9.75. The van der Waals surface area contributed by atoms with Crippen molar-refractivity contribution in [3.05, 3.63) is 71.4 Å². The molecule has 8 heteroatoms. The van der Waals surface area contributed by atoms with Gasteiger partial charge in [-0.15, -0.1) is 10.2 Å². The Bertz CT molecular complexity index is 1320. The normalized spacial score (nSPS) is 15.2. The summed E-state index contributed by atoms with van der Waals surface area (Å²) in [6.45, 7) is 4.54. The van der Waals surface area contributed by atoms with E-state index in [2.05, 4.69) is 44.8 Å². The molecule has 2 heterocycles. The molecule has 0 saturated carbocycles. The molecule has 0 fully saturated rings. The number of benzene rings is 2. The summed E-state index contributed by atoms with van der Waals surface area (Å²) >= 11 is 1.55. The Hall–Kier alpha value is -3.54. The van der Waals surface area contributed by atoms with Crippen LogP contribution in [0, 0.1) is 11.3 Å². The van der Waals surface area contributed by atoms with Crippen LogP contribution in [-0.4, -0.2) is 21.3 Å². The molecule has 0 saturated heterocycles. The quantitative estimate of drug-likeness (QED) is 0.370. The Morgan fingerprint density at radius 2 is 2.12 bits per heavy atom. The van der Waals surface area contributed by atoms with Crippen molar-refractivity contribution >= 4 is 11.3 Å². The average Bonchev–Trinajstić information content (AvgIpc) is 3.55.